The van der Waals surface area contributed by atoms with Gasteiger partial charge in [-0.1, -0.05) is 18.2 Å². The highest BCUT2D eigenvalue weighted by molar-refractivity contribution is 5.82. The number of rotatable bonds is 4. The zero-order valence-corrected chi connectivity index (χ0v) is 11.2. The minimum absolute atomic E-state index is 0.155. The molecule has 1 N–H and O–H groups in total. The molecular formula is C16H19NO2. The fourth-order valence-corrected chi connectivity index (χ4v) is 3.72. The molecule has 19 heavy (non-hydrogen) atoms. The molecule has 1 aromatic heterocycles. The Kier molecular flexibility index (Phi) is 2.32. The van der Waals surface area contributed by atoms with Crippen LogP contribution in [0.15, 0.2) is 34.9 Å². The third-order valence-corrected chi connectivity index (χ3v) is 5.08. The first kappa shape index (κ1) is 11.5. The normalized spacial score (nSPS) is 23.2. The molecule has 0 radical (unpaired) electrons. The standard InChI is InChI=1S/C16H19NO2/c1-17-9-15(6-7-15)16(10-18-11-16)13-8-19-14-5-3-2-4-12(13)14/h2-5,8,17H,6-7,9-11H2,1H3. The average Bonchev–Trinajstić information content (AvgIpc) is 3.02. The molecule has 0 amide bonds. The van der Waals surface area contributed by atoms with Gasteiger partial charge in [0.2, 0.25) is 0 Å². The van der Waals surface area contributed by atoms with Crippen molar-refractivity contribution in [2.24, 2.45) is 5.41 Å². The molecule has 1 saturated heterocycles. The molecule has 2 fully saturated rings. The average molecular weight is 257 g/mol. The third-order valence-electron chi connectivity index (χ3n) is 5.08. The zero-order valence-electron chi connectivity index (χ0n) is 11.2. The topological polar surface area (TPSA) is 34.4 Å². The summed E-state index contributed by atoms with van der Waals surface area (Å²) in [6.07, 6.45) is 4.54. The molecule has 0 unspecified atom stereocenters. The molecule has 0 bridgehead atoms. The minimum atomic E-state index is 0.155. The van der Waals surface area contributed by atoms with Gasteiger partial charge in [0.25, 0.3) is 0 Å². The molecule has 2 heterocycles. The Morgan fingerprint density at radius 3 is 2.63 bits per heavy atom. The van der Waals surface area contributed by atoms with E-state index in [1.807, 2.05) is 25.4 Å². The van der Waals surface area contributed by atoms with Crippen LogP contribution in [0.3, 0.4) is 0 Å². The van der Waals surface area contributed by atoms with Gasteiger partial charge in [-0.25, -0.2) is 0 Å². The Morgan fingerprint density at radius 1 is 1.21 bits per heavy atom. The summed E-state index contributed by atoms with van der Waals surface area (Å²) in [5.74, 6) is 0. The summed E-state index contributed by atoms with van der Waals surface area (Å²) in [5, 5.41) is 4.63. The second-order valence-electron chi connectivity index (χ2n) is 6.03. The van der Waals surface area contributed by atoms with Crippen molar-refractivity contribution in [3.05, 3.63) is 36.1 Å². The van der Waals surface area contributed by atoms with E-state index in [4.69, 9.17) is 9.15 Å². The Hall–Kier alpha value is -1.32. The van der Waals surface area contributed by atoms with E-state index < -0.39 is 0 Å². The summed E-state index contributed by atoms with van der Waals surface area (Å²) < 4.78 is 11.4. The van der Waals surface area contributed by atoms with Gasteiger partial charge in [-0.3, -0.25) is 0 Å². The van der Waals surface area contributed by atoms with E-state index in [9.17, 15) is 0 Å². The lowest BCUT2D eigenvalue weighted by Crippen LogP contribution is -2.56. The second-order valence-corrected chi connectivity index (χ2v) is 6.03. The van der Waals surface area contributed by atoms with Gasteiger partial charge in [-0.2, -0.15) is 0 Å². The fraction of sp³-hybridized carbons (Fsp3) is 0.500. The number of hydrogen-bond donors (Lipinski definition) is 1. The smallest absolute Gasteiger partial charge is 0.134 e. The van der Waals surface area contributed by atoms with Crippen LogP contribution < -0.4 is 5.32 Å². The van der Waals surface area contributed by atoms with Gasteiger partial charge in [0.1, 0.15) is 5.58 Å². The zero-order chi connectivity index (χ0) is 12.9. The van der Waals surface area contributed by atoms with Crippen molar-refractivity contribution >= 4 is 11.0 Å². The van der Waals surface area contributed by atoms with Crippen LogP contribution in [0.1, 0.15) is 18.4 Å². The number of fused-ring (bicyclic) bond motifs is 1. The highest BCUT2D eigenvalue weighted by Gasteiger charge is 2.63. The van der Waals surface area contributed by atoms with Crippen LogP contribution in [0.2, 0.25) is 0 Å². The molecule has 2 aromatic rings. The molecule has 1 saturated carbocycles. The highest BCUT2D eigenvalue weighted by atomic mass is 16.5. The lowest BCUT2D eigenvalue weighted by molar-refractivity contribution is -0.0981. The van der Waals surface area contributed by atoms with Crippen LogP contribution in [-0.4, -0.2) is 26.8 Å². The first-order valence-electron chi connectivity index (χ1n) is 7.00. The van der Waals surface area contributed by atoms with Crippen LogP contribution in [0.25, 0.3) is 11.0 Å². The Labute approximate surface area is 112 Å². The quantitative estimate of drug-likeness (QED) is 0.914. The summed E-state index contributed by atoms with van der Waals surface area (Å²) in [6, 6.07) is 8.33. The molecule has 100 valence electrons. The number of ether oxygens (including phenoxy) is 1. The van der Waals surface area contributed by atoms with E-state index in [2.05, 4.69) is 17.4 Å². The van der Waals surface area contributed by atoms with Gasteiger partial charge in [-0.05, 0) is 31.4 Å². The van der Waals surface area contributed by atoms with Crippen LogP contribution in [-0.2, 0) is 10.2 Å². The summed E-state index contributed by atoms with van der Waals surface area (Å²) in [4.78, 5) is 0. The van der Waals surface area contributed by atoms with E-state index in [1.165, 1.54) is 23.8 Å². The first-order valence-corrected chi connectivity index (χ1v) is 7.00. The largest absolute Gasteiger partial charge is 0.464 e. The molecule has 1 aromatic carbocycles. The van der Waals surface area contributed by atoms with Gasteiger partial charge in [-0.15, -0.1) is 0 Å². The van der Waals surface area contributed by atoms with Crippen LogP contribution in [0.5, 0.6) is 0 Å². The summed E-state index contributed by atoms with van der Waals surface area (Å²) in [6.45, 7) is 2.73. The van der Waals surface area contributed by atoms with Crippen LogP contribution >= 0.6 is 0 Å². The van der Waals surface area contributed by atoms with Gasteiger partial charge < -0.3 is 14.5 Å². The fourth-order valence-electron chi connectivity index (χ4n) is 3.72. The van der Waals surface area contributed by atoms with Gasteiger partial charge >= 0.3 is 0 Å². The van der Waals surface area contributed by atoms with Crippen LogP contribution in [0, 0.1) is 5.41 Å². The molecule has 1 aliphatic carbocycles. The van der Waals surface area contributed by atoms with E-state index in [0.29, 0.717) is 5.41 Å². The molecule has 4 rings (SSSR count). The maximum absolute atomic E-state index is 5.76. The van der Waals surface area contributed by atoms with Crippen molar-refractivity contribution in [3.8, 4) is 0 Å². The molecule has 0 spiro atoms. The molecular weight excluding hydrogens is 238 g/mol. The van der Waals surface area contributed by atoms with Crippen molar-refractivity contribution in [1.82, 2.24) is 5.32 Å². The van der Waals surface area contributed by atoms with Crippen molar-refractivity contribution in [2.75, 3.05) is 26.8 Å². The lowest BCUT2D eigenvalue weighted by Gasteiger charge is -2.48. The maximum atomic E-state index is 5.76. The van der Waals surface area contributed by atoms with Crippen molar-refractivity contribution in [2.45, 2.75) is 18.3 Å². The van der Waals surface area contributed by atoms with E-state index in [0.717, 1.165) is 25.3 Å². The van der Waals surface area contributed by atoms with Crippen LogP contribution in [0.4, 0.5) is 0 Å². The number of furan rings is 1. The second kappa shape index (κ2) is 3.84. The number of nitrogens with one attached hydrogen (secondary N) is 1. The van der Waals surface area contributed by atoms with Crippen molar-refractivity contribution in [1.29, 1.82) is 0 Å². The Balaban J connectivity index is 1.85. The summed E-state index contributed by atoms with van der Waals surface area (Å²) >= 11 is 0. The number of para-hydroxylation sites is 1. The SMILES string of the molecule is CNCC1(C2(c3coc4ccccc34)COC2)CC1. The maximum Gasteiger partial charge on any atom is 0.134 e. The van der Waals surface area contributed by atoms with Crippen molar-refractivity contribution in [3.63, 3.8) is 0 Å². The number of benzene rings is 1. The Morgan fingerprint density at radius 2 is 2.00 bits per heavy atom. The van der Waals surface area contributed by atoms with E-state index in [-0.39, 0.29) is 5.41 Å². The highest BCUT2D eigenvalue weighted by Crippen LogP contribution is 2.63. The molecule has 1 aliphatic heterocycles. The summed E-state index contributed by atoms with van der Waals surface area (Å²) in [7, 11) is 2.04. The predicted octanol–water partition coefficient (Wildman–Crippen LogP) is 2.70. The van der Waals surface area contributed by atoms with E-state index in [1.54, 1.807) is 0 Å². The summed E-state index contributed by atoms with van der Waals surface area (Å²) in [5.41, 5.74) is 2.86. The first-order chi connectivity index (χ1) is 9.31. The number of hydrogen-bond acceptors (Lipinski definition) is 3. The third kappa shape index (κ3) is 1.40. The monoisotopic (exact) mass is 257 g/mol. The molecule has 3 nitrogen and oxygen atoms in total. The predicted molar refractivity (Wildman–Crippen MR) is 74.3 cm³/mol. The molecule has 0 atom stereocenters. The molecule has 2 aliphatic rings. The lowest BCUT2D eigenvalue weighted by atomic mass is 9.66. The molecule has 3 heteroatoms. The van der Waals surface area contributed by atoms with Gasteiger partial charge in [0.15, 0.2) is 0 Å². The van der Waals surface area contributed by atoms with E-state index >= 15 is 0 Å². The van der Waals surface area contributed by atoms with Crippen molar-refractivity contribution < 1.29 is 9.15 Å². The minimum Gasteiger partial charge on any atom is -0.464 e. The Bertz CT molecular complexity index is 608. The van der Waals surface area contributed by atoms with Gasteiger partial charge in [0, 0.05) is 17.5 Å². The van der Waals surface area contributed by atoms with Gasteiger partial charge in [0.05, 0.1) is 24.9 Å².